The molecule has 0 amide bonds. The minimum atomic E-state index is 0.602. The molecule has 0 unspecified atom stereocenters. The molecular weight excluding hydrogens is 244 g/mol. The summed E-state index contributed by atoms with van der Waals surface area (Å²) in [7, 11) is 0. The first-order chi connectivity index (χ1) is 8.77. The van der Waals surface area contributed by atoms with Gasteiger partial charge in [-0.1, -0.05) is 50.6 Å². The molecule has 1 rings (SSSR count). The number of halogens is 1. The van der Waals surface area contributed by atoms with E-state index >= 15 is 0 Å². The SMILES string of the molecule is CCCCCCCCNc1ccc(C#N)cc1Cl. The van der Waals surface area contributed by atoms with Crippen LogP contribution in [0.3, 0.4) is 0 Å². The first kappa shape index (κ1) is 14.9. The summed E-state index contributed by atoms with van der Waals surface area (Å²) in [5, 5.41) is 12.7. The fourth-order valence-electron chi connectivity index (χ4n) is 1.86. The number of anilines is 1. The molecule has 0 fully saturated rings. The van der Waals surface area contributed by atoms with Crippen molar-refractivity contribution >= 4 is 17.3 Å². The monoisotopic (exact) mass is 264 g/mol. The molecule has 1 N–H and O–H groups in total. The van der Waals surface area contributed by atoms with Crippen LogP contribution in [-0.4, -0.2) is 6.54 Å². The highest BCUT2D eigenvalue weighted by Crippen LogP contribution is 2.22. The van der Waals surface area contributed by atoms with Crippen molar-refractivity contribution in [1.29, 1.82) is 5.26 Å². The first-order valence-electron chi connectivity index (χ1n) is 6.71. The number of rotatable bonds is 8. The second-order valence-corrected chi connectivity index (χ2v) is 4.91. The molecule has 0 atom stereocenters. The maximum Gasteiger partial charge on any atom is 0.0992 e. The van der Waals surface area contributed by atoms with E-state index in [4.69, 9.17) is 16.9 Å². The van der Waals surface area contributed by atoms with Crippen molar-refractivity contribution in [3.63, 3.8) is 0 Å². The highest BCUT2D eigenvalue weighted by atomic mass is 35.5. The molecule has 0 spiro atoms. The van der Waals surface area contributed by atoms with E-state index in [9.17, 15) is 0 Å². The first-order valence-corrected chi connectivity index (χ1v) is 7.09. The Kier molecular flexibility index (Phi) is 7.29. The highest BCUT2D eigenvalue weighted by molar-refractivity contribution is 6.33. The molecule has 0 aliphatic heterocycles. The Morgan fingerprint density at radius 2 is 1.89 bits per heavy atom. The second-order valence-electron chi connectivity index (χ2n) is 4.50. The lowest BCUT2D eigenvalue weighted by molar-refractivity contribution is 0.617. The van der Waals surface area contributed by atoms with E-state index in [0.29, 0.717) is 10.6 Å². The van der Waals surface area contributed by atoms with Crippen molar-refractivity contribution in [2.45, 2.75) is 45.4 Å². The molecule has 98 valence electrons. The van der Waals surface area contributed by atoms with Crippen LogP contribution in [0, 0.1) is 11.3 Å². The van der Waals surface area contributed by atoms with E-state index < -0.39 is 0 Å². The van der Waals surface area contributed by atoms with Crippen LogP contribution in [0.4, 0.5) is 5.69 Å². The molecule has 0 saturated heterocycles. The summed E-state index contributed by atoms with van der Waals surface area (Å²) in [6, 6.07) is 7.44. The summed E-state index contributed by atoms with van der Waals surface area (Å²) in [6.07, 6.45) is 7.72. The molecule has 0 aromatic heterocycles. The molecular formula is C15H21ClN2. The van der Waals surface area contributed by atoms with Crippen LogP contribution in [0.25, 0.3) is 0 Å². The Hall–Kier alpha value is -1.20. The van der Waals surface area contributed by atoms with Gasteiger partial charge in [-0.25, -0.2) is 0 Å². The van der Waals surface area contributed by atoms with Crippen LogP contribution < -0.4 is 5.32 Å². The van der Waals surface area contributed by atoms with Gasteiger partial charge in [-0.2, -0.15) is 5.26 Å². The number of nitrogens with zero attached hydrogens (tertiary/aromatic N) is 1. The third kappa shape index (κ3) is 5.42. The predicted octanol–water partition coefficient (Wildman–Crippen LogP) is 4.98. The molecule has 3 heteroatoms. The lowest BCUT2D eigenvalue weighted by atomic mass is 10.1. The number of hydrogen-bond donors (Lipinski definition) is 1. The molecule has 18 heavy (non-hydrogen) atoms. The third-order valence-electron chi connectivity index (χ3n) is 2.94. The average Bonchev–Trinajstić information content (AvgIpc) is 2.39. The molecule has 1 aromatic carbocycles. The van der Waals surface area contributed by atoms with E-state index in [2.05, 4.69) is 18.3 Å². The Bertz CT molecular complexity index is 396. The number of unbranched alkanes of at least 4 members (excludes halogenated alkanes) is 5. The number of nitriles is 1. The molecule has 0 aliphatic rings. The van der Waals surface area contributed by atoms with Crippen molar-refractivity contribution in [3.05, 3.63) is 28.8 Å². The Morgan fingerprint density at radius 3 is 2.56 bits per heavy atom. The predicted molar refractivity (Wildman–Crippen MR) is 78.0 cm³/mol. The van der Waals surface area contributed by atoms with Crippen LogP contribution in [0.1, 0.15) is 51.0 Å². The smallest absolute Gasteiger partial charge is 0.0992 e. The van der Waals surface area contributed by atoms with E-state index in [0.717, 1.165) is 12.2 Å². The van der Waals surface area contributed by atoms with Gasteiger partial charge in [-0.3, -0.25) is 0 Å². The highest BCUT2D eigenvalue weighted by Gasteiger charge is 2.00. The summed E-state index contributed by atoms with van der Waals surface area (Å²) in [5.74, 6) is 0. The fourth-order valence-corrected chi connectivity index (χ4v) is 2.10. The number of hydrogen-bond acceptors (Lipinski definition) is 2. The zero-order valence-corrected chi connectivity index (χ0v) is 11.8. The van der Waals surface area contributed by atoms with Gasteiger partial charge in [-0.05, 0) is 24.6 Å². The van der Waals surface area contributed by atoms with Crippen LogP contribution in [0.15, 0.2) is 18.2 Å². The maximum absolute atomic E-state index is 8.74. The van der Waals surface area contributed by atoms with Crippen molar-refractivity contribution < 1.29 is 0 Å². The zero-order valence-electron chi connectivity index (χ0n) is 11.0. The fraction of sp³-hybridized carbons (Fsp3) is 0.533. The van der Waals surface area contributed by atoms with Gasteiger partial charge in [0.2, 0.25) is 0 Å². The number of nitrogens with one attached hydrogen (secondary N) is 1. The van der Waals surface area contributed by atoms with Gasteiger partial charge in [0, 0.05) is 6.54 Å². The van der Waals surface area contributed by atoms with Gasteiger partial charge in [0.1, 0.15) is 0 Å². The van der Waals surface area contributed by atoms with Gasteiger partial charge in [0.05, 0.1) is 22.3 Å². The molecule has 0 heterocycles. The quantitative estimate of drug-likeness (QED) is 0.672. The van der Waals surface area contributed by atoms with Gasteiger partial charge < -0.3 is 5.32 Å². The lowest BCUT2D eigenvalue weighted by Gasteiger charge is -2.08. The molecule has 1 aromatic rings. The lowest BCUT2D eigenvalue weighted by Crippen LogP contribution is -2.02. The maximum atomic E-state index is 8.74. The Balaban J connectivity index is 2.21. The molecule has 0 bridgehead atoms. The van der Waals surface area contributed by atoms with Crippen LogP contribution >= 0.6 is 11.6 Å². The largest absolute Gasteiger partial charge is 0.384 e. The van der Waals surface area contributed by atoms with Crippen LogP contribution in [-0.2, 0) is 0 Å². The molecule has 0 radical (unpaired) electrons. The molecule has 0 saturated carbocycles. The second kappa shape index (κ2) is 8.83. The standard InChI is InChI=1S/C15H21ClN2/c1-2-3-4-5-6-7-10-18-15-9-8-13(12-17)11-14(15)16/h8-9,11,18H,2-7,10H2,1H3. The van der Waals surface area contributed by atoms with Gasteiger partial charge in [0.25, 0.3) is 0 Å². The third-order valence-corrected chi connectivity index (χ3v) is 3.26. The Morgan fingerprint density at radius 1 is 1.17 bits per heavy atom. The summed E-state index contributed by atoms with van der Waals surface area (Å²) in [4.78, 5) is 0. The van der Waals surface area contributed by atoms with Crippen molar-refractivity contribution in [3.8, 4) is 6.07 Å². The van der Waals surface area contributed by atoms with Crippen molar-refractivity contribution in [2.75, 3.05) is 11.9 Å². The zero-order chi connectivity index (χ0) is 13.2. The van der Waals surface area contributed by atoms with E-state index in [-0.39, 0.29) is 0 Å². The van der Waals surface area contributed by atoms with Gasteiger partial charge in [-0.15, -0.1) is 0 Å². The number of benzene rings is 1. The summed E-state index contributed by atoms with van der Waals surface area (Å²) in [5.41, 5.74) is 1.52. The average molecular weight is 265 g/mol. The van der Waals surface area contributed by atoms with Gasteiger partial charge in [0.15, 0.2) is 0 Å². The van der Waals surface area contributed by atoms with E-state index in [1.807, 2.05) is 6.07 Å². The van der Waals surface area contributed by atoms with Crippen LogP contribution in [0.2, 0.25) is 5.02 Å². The van der Waals surface area contributed by atoms with Crippen LogP contribution in [0.5, 0.6) is 0 Å². The topological polar surface area (TPSA) is 35.8 Å². The summed E-state index contributed by atoms with van der Waals surface area (Å²) in [6.45, 7) is 3.17. The normalized spacial score (nSPS) is 10.1. The van der Waals surface area contributed by atoms with Crippen molar-refractivity contribution in [2.24, 2.45) is 0 Å². The van der Waals surface area contributed by atoms with E-state index in [1.54, 1.807) is 12.1 Å². The minimum Gasteiger partial charge on any atom is -0.384 e. The molecule has 0 aliphatic carbocycles. The van der Waals surface area contributed by atoms with Crippen molar-refractivity contribution in [1.82, 2.24) is 0 Å². The minimum absolute atomic E-state index is 0.602. The molecule has 2 nitrogen and oxygen atoms in total. The Labute approximate surface area is 115 Å². The van der Waals surface area contributed by atoms with Gasteiger partial charge >= 0.3 is 0 Å². The summed E-state index contributed by atoms with van der Waals surface area (Å²) >= 11 is 6.08. The van der Waals surface area contributed by atoms with E-state index in [1.165, 1.54) is 38.5 Å². The summed E-state index contributed by atoms with van der Waals surface area (Å²) < 4.78 is 0.